The van der Waals surface area contributed by atoms with E-state index in [1.807, 2.05) is 36.4 Å². The second-order valence-electron chi connectivity index (χ2n) is 7.64. The van der Waals surface area contributed by atoms with Gasteiger partial charge in [0.05, 0.1) is 24.1 Å². The molecule has 0 bridgehead atoms. The highest BCUT2D eigenvalue weighted by Gasteiger charge is 2.24. The van der Waals surface area contributed by atoms with Crippen LogP contribution < -0.4 is 11.1 Å². The van der Waals surface area contributed by atoms with Gasteiger partial charge < -0.3 is 14.8 Å². The molecule has 0 aliphatic carbocycles. The number of aromatic nitrogens is 1. The van der Waals surface area contributed by atoms with Crippen LogP contribution in [0.2, 0.25) is 0 Å². The molecule has 3 aromatic rings. The van der Waals surface area contributed by atoms with E-state index in [2.05, 4.69) is 10.2 Å². The molecule has 0 saturated carbocycles. The second-order valence-corrected chi connectivity index (χ2v) is 7.64. The van der Waals surface area contributed by atoms with E-state index in [9.17, 15) is 14.7 Å². The Morgan fingerprint density at radius 3 is 2.65 bits per heavy atom. The molecule has 0 unspecified atom stereocenters. The van der Waals surface area contributed by atoms with Gasteiger partial charge in [0, 0.05) is 26.7 Å². The molecule has 1 aliphatic heterocycles. The minimum atomic E-state index is -0.418. The first kappa shape index (κ1) is 25.1. The third-order valence-electron chi connectivity index (χ3n) is 5.45. The van der Waals surface area contributed by atoms with E-state index in [-0.39, 0.29) is 51.5 Å². The molecule has 1 fully saturated rings. The van der Waals surface area contributed by atoms with Gasteiger partial charge in [-0.15, -0.1) is 0 Å². The summed E-state index contributed by atoms with van der Waals surface area (Å²) in [5.74, 6) is -0.509. The highest BCUT2D eigenvalue weighted by Crippen LogP contribution is 2.19. The normalized spacial score (nSPS) is 17.0. The Morgan fingerprint density at radius 1 is 1.23 bits per heavy atom. The van der Waals surface area contributed by atoms with Gasteiger partial charge >= 0.3 is 5.76 Å². The number of rotatable bonds is 6. The fourth-order valence-corrected chi connectivity index (χ4v) is 3.87. The number of carbonyl (C=O) groups is 1. The van der Waals surface area contributed by atoms with E-state index in [1.54, 1.807) is 19.2 Å². The number of amides is 1. The summed E-state index contributed by atoms with van der Waals surface area (Å²) < 4.78 is 6.58. The van der Waals surface area contributed by atoms with Crippen LogP contribution >= 0.6 is 27.0 Å². The van der Waals surface area contributed by atoms with Gasteiger partial charge in [-0.05, 0) is 29.7 Å². The monoisotopic (exact) mass is 463 g/mol. The molecular formula is C22H29N3O4S2. The Hall–Kier alpha value is -2.20. The molecular weight excluding hydrogens is 434 g/mol. The molecule has 2 aromatic carbocycles. The second kappa shape index (κ2) is 10.9. The van der Waals surface area contributed by atoms with Crippen molar-refractivity contribution in [3.63, 3.8) is 0 Å². The van der Waals surface area contributed by atoms with E-state index in [0.29, 0.717) is 24.2 Å². The van der Waals surface area contributed by atoms with E-state index in [4.69, 9.17) is 4.42 Å². The molecule has 1 aliphatic rings. The molecule has 0 radical (unpaired) electrons. The van der Waals surface area contributed by atoms with E-state index < -0.39 is 5.76 Å². The van der Waals surface area contributed by atoms with Crippen LogP contribution in [0.3, 0.4) is 0 Å². The number of hydrogen-bond acceptors (Lipinski definition) is 5. The molecule has 168 valence electrons. The predicted molar refractivity (Wildman–Crippen MR) is 130 cm³/mol. The zero-order valence-corrected chi connectivity index (χ0v) is 19.4. The van der Waals surface area contributed by atoms with Crippen LogP contribution in [0.25, 0.3) is 11.1 Å². The Morgan fingerprint density at radius 2 is 1.97 bits per heavy atom. The summed E-state index contributed by atoms with van der Waals surface area (Å²) in [5.41, 5.74) is 3.03. The molecule has 2 N–H and O–H groups in total. The minimum Gasteiger partial charge on any atom is -0.408 e. The molecule has 1 amide bonds. The average Bonchev–Trinajstić information content (AvgIpc) is 3.25. The van der Waals surface area contributed by atoms with Crippen LogP contribution in [0.5, 0.6) is 0 Å². The van der Waals surface area contributed by atoms with Crippen LogP contribution in [0, 0.1) is 0 Å². The zero-order chi connectivity index (χ0) is 20.4. The smallest absolute Gasteiger partial charge is 0.408 e. The van der Waals surface area contributed by atoms with Crippen LogP contribution in [0.1, 0.15) is 23.6 Å². The highest BCUT2D eigenvalue weighted by atomic mass is 32.1. The fourth-order valence-electron chi connectivity index (χ4n) is 3.87. The lowest BCUT2D eigenvalue weighted by Crippen LogP contribution is -2.38. The number of likely N-dealkylation sites (tertiary alicyclic amines) is 1. The summed E-state index contributed by atoms with van der Waals surface area (Å²) in [7, 11) is 1.65. The molecule has 2 heterocycles. The highest BCUT2D eigenvalue weighted by molar-refractivity contribution is 7.59. The number of nitrogens with zero attached hydrogens (tertiary/aromatic N) is 2. The number of aryl methyl sites for hydroxylation is 1. The van der Waals surface area contributed by atoms with Crippen LogP contribution in [-0.4, -0.2) is 46.2 Å². The Balaban J connectivity index is 0.00000171. The quantitative estimate of drug-likeness (QED) is 0.582. The maximum atomic E-state index is 12.8. The summed E-state index contributed by atoms with van der Waals surface area (Å²) in [6.45, 7) is 2.11. The summed E-state index contributed by atoms with van der Waals surface area (Å²) in [4.78, 5) is 26.6. The van der Waals surface area contributed by atoms with Gasteiger partial charge in [0.1, 0.15) is 0 Å². The van der Waals surface area contributed by atoms with Gasteiger partial charge in [-0.3, -0.25) is 14.3 Å². The zero-order valence-electron chi connectivity index (χ0n) is 17.4. The summed E-state index contributed by atoms with van der Waals surface area (Å²) in [6.07, 6.45) is 0.677. The van der Waals surface area contributed by atoms with Crippen molar-refractivity contribution in [2.75, 3.05) is 19.6 Å². The number of benzene rings is 2. The molecule has 4 rings (SSSR count). The third kappa shape index (κ3) is 5.94. The molecule has 1 saturated heterocycles. The first-order valence-electron chi connectivity index (χ1n) is 9.83. The van der Waals surface area contributed by atoms with Gasteiger partial charge in [-0.1, -0.05) is 36.4 Å². The Labute approximate surface area is 194 Å². The van der Waals surface area contributed by atoms with Gasteiger partial charge in [0.25, 0.3) is 0 Å². The topological polar surface area (TPSA) is 87.7 Å². The third-order valence-corrected chi connectivity index (χ3v) is 5.45. The molecule has 9 heteroatoms. The van der Waals surface area contributed by atoms with Crippen LogP contribution in [0.15, 0.2) is 57.7 Å². The van der Waals surface area contributed by atoms with Gasteiger partial charge in [0.2, 0.25) is 5.91 Å². The van der Waals surface area contributed by atoms with Crippen molar-refractivity contribution in [1.29, 1.82) is 0 Å². The molecule has 2 atom stereocenters. The van der Waals surface area contributed by atoms with E-state index in [0.717, 1.165) is 24.1 Å². The van der Waals surface area contributed by atoms with Crippen LogP contribution in [0.4, 0.5) is 0 Å². The average molecular weight is 464 g/mol. The van der Waals surface area contributed by atoms with E-state index >= 15 is 0 Å². The first-order valence-corrected chi connectivity index (χ1v) is 9.83. The Bertz CT molecular complexity index is 1070. The first-order chi connectivity index (χ1) is 14.0. The SMILES string of the molecule is Cn1c(=O)oc2ccc(CC(=O)N[C@H](CN3CC[C@H](O)C3)c3ccccc3)cc21.S.S. The number of oxazole rings is 1. The number of nitrogens with one attached hydrogen (secondary N) is 1. The maximum absolute atomic E-state index is 12.8. The van der Waals surface area contributed by atoms with Crippen molar-refractivity contribution in [3.8, 4) is 0 Å². The summed E-state index contributed by atoms with van der Waals surface area (Å²) >= 11 is 0. The number of hydrogen-bond donors (Lipinski definition) is 2. The molecule has 1 aromatic heterocycles. The van der Waals surface area contributed by atoms with Crippen molar-refractivity contribution in [2.45, 2.75) is 25.0 Å². The minimum absolute atomic E-state index is 0. The van der Waals surface area contributed by atoms with Crippen LogP contribution in [-0.2, 0) is 18.3 Å². The molecule has 7 nitrogen and oxygen atoms in total. The summed E-state index contributed by atoms with van der Waals surface area (Å²) in [6, 6.07) is 15.1. The van der Waals surface area contributed by atoms with Crippen molar-refractivity contribution in [1.82, 2.24) is 14.8 Å². The lowest BCUT2D eigenvalue weighted by atomic mass is 10.1. The summed E-state index contributed by atoms with van der Waals surface area (Å²) in [5, 5.41) is 12.9. The largest absolute Gasteiger partial charge is 0.419 e. The molecule has 31 heavy (non-hydrogen) atoms. The van der Waals surface area contributed by atoms with Crippen molar-refractivity contribution < 1.29 is 14.3 Å². The van der Waals surface area contributed by atoms with Crippen molar-refractivity contribution in [3.05, 3.63) is 70.2 Å². The maximum Gasteiger partial charge on any atom is 0.419 e. The Kier molecular flexibility index (Phi) is 8.81. The lowest BCUT2D eigenvalue weighted by molar-refractivity contribution is -0.121. The number of β-amino-alcohol motifs (C(OH)–C–C–N with tert-alkyl or cyclic N) is 1. The molecule has 0 spiro atoms. The number of aliphatic hydroxyl groups is 1. The predicted octanol–water partition coefficient (Wildman–Crippen LogP) is 1.82. The van der Waals surface area contributed by atoms with Gasteiger partial charge in [-0.25, -0.2) is 4.79 Å². The lowest BCUT2D eigenvalue weighted by Gasteiger charge is -2.25. The van der Waals surface area contributed by atoms with Gasteiger partial charge in [-0.2, -0.15) is 27.0 Å². The van der Waals surface area contributed by atoms with Crippen molar-refractivity contribution >= 4 is 44.0 Å². The number of fused-ring (bicyclic) bond motifs is 1. The van der Waals surface area contributed by atoms with E-state index in [1.165, 1.54) is 4.57 Å². The van der Waals surface area contributed by atoms with Crippen molar-refractivity contribution in [2.24, 2.45) is 7.05 Å². The number of carbonyl (C=O) groups excluding carboxylic acids is 1. The fraction of sp³-hybridized carbons (Fsp3) is 0.364. The number of aliphatic hydroxyl groups excluding tert-OH is 1. The van der Waals surface area contributed by atoms with Gasteiger partial charge in [0.15, 0.2) is 5.58 Å². The standard InChI is InChI=1S/C22H25N3O4.2H2S/c1-24-19-11-15(7-8-20(19)29-22(24)28)12-21(27)23-18(16-5-3-2-4-6-16)14-25-10-9-17(26)13-25;;/h2-8,11,17-18,26H,9-10,12-14H2,1H3,(H,23,27);2*1H2/t17-,18+;;/m0../s1.